The molecule has 0 bridgehead atoms. The van der Waals surface area contributed by atoms with Crippen LogP contribution in [0.25, 0.3) is 11.3 Å². The predicted octanol–water partition coefficient (Wildman–Crippen LogP) is 3.93. The van der Waals surface area contributed by atoms with Gasteiger partial charge in [0.2, 0.25) is 0 Å². The highest BCUT2D eigenvalue weighted by atomic mass is 14.7. The fraction of sp³-hybridized carbons (Fsp3) is 0.267. The normalized spacial score (nSPS) is 10.4. The van der Waals surface area contributed by atoms with E-state index in [1.54, 1.807) is 0 Å². The van der Waals surface area contributed by atoms with E-state index in [0.717, 1.165) is 12.1 Å². The second-order valence-electron chi connectivity index (χ2n) is 4.23. The Balaban J connectivity index is 2.58. The number of hydrogen-bond donors (Lipinski definition) is 0. The number of hydrogen-bond acceptors (Lipinski definition) is 1. The Labute approximate surface area is 97.2 Å². The molecular weight excluding hydrogens is 194 g/mol. The van der Waals surface area contributed by atoms with Gasteiger partial charge in [-0.3, -0.25) is 4.98 Å². The van der Waals surface area contributed by atoms with Crippen LogP contribution in [0, 0.1) is 13.8 Å². The lowest BCUT2D eigenvalue weighted by atomic mass is 9.99. The maximum Gasteiger partial charge on any atom is 0.0707 e. The van der Waals surface area contributed by atoms with Crippen LogP contribution in [0.3, 0.4) is 0 Å². The van der Waals surface area contributed by atoms with Gasteiger partial charge < -0.3 is 0 Å². The first kappa shape index (κ1) is 10.9. The molecule has 1 heterocycles. The van der Waals surface area contributed by atoms with Gasteiger partial charge in [-0.05, 0) is 49.6 Å². The Hall–Kier alpha value is -1.63. The molecule has 1 aromatic carbocycles. The molecule has 1 nitrogen and oxygen atoms in total. The summed E-state index contributed by atoms with van der Waals surface area (Å²) in [4.78, 5) is 4.46. The lowest BCUT2D eigenvalue weighted by Crippen LogP contribution is -1.91. The molecule has 1 heteroatoms. The minimum absolute atomic E-state index is 1.05. The van der Waals surface area contributed by atoms with Crippen molar-refractivity contribution < 1.29 is 0 Å². The largest absolute Gasteiger partial charge is 0.256 e. The van der Waals surface area contributed by atoms with Crippen LogP contribution in [0.15, 0.2) is 36.5 Å². The Morgan fingerprint density at radius 2 is 1.75 bits per heavy atom. The maximum atomic E-state index is 4.46. The Bertz CT molecular complexity index is 501. The van der Waals surface area contributed by atoms with Crippen molar-refractivity contribution >= 4 is 0 Å². The zero-order valence-corrected chi connectivity index (χ0v) is 10.1. The van der Waals surface area contributed by atoms with Crippen molar-refractivity contribution in [3.63, 3.8) is 0 Å². The highest BCUT2D eigenvalue weighted by molar-refractivity contribution is 5.65. The van der Waals surface area contributed by atoms with E-state index < -0.39 is 0 Å². The molecule has 82 valence electrons. The van der Waals surface area contributed by atoms with Gasteiger partial charge in [-0.2, -0.15) is 0 Å². The monoisotopic (exact) mass is 211 g/mol. The Morgan fingerprint density at radius 3 is 2.44 bits per heavy atom. The molecule has 0 atom stereocenters. The third kappa shape index (κ3) is 2.13. The number of aromatic nitrogens is 1. The molecule has 1 aromatic heterocycles. The first-order valence-electron chi connectivity index (χ1n) is 5.73. The highest BCUT2D eigenvalue weighted by Crippen LogP contribution is 2.24. The SMILES string of the molecule is CCc1ccc(C)cc1-c1cc(C)ccn1. The van der Waals surface area contributed by atoms with Gasteiger partial charge >= 0.3 is 0 Å². The van der Waals surface area contributed by atoms with Crippen molar-refractivity contribution in [2.45, 2.75) is 27.2 Å². The van der Waals surface area contributed by atoms with E-state index in [2.05, 4.69) is 50.0 Å². The lowest BCUT2D eigenvalue weighted by molar-refractivity contribution is 1.13. The summed E-state index contributed by atoms with van der Waals surface area (Å²) in [6.07, 6.45) is 2.93. The first-order chi connectivity index (χ1) is 7.70. The van der Waals surface area contributed by atoms with Crippen molar-refractivity contribution in [3.8, 4) is 11.3 Å². The molecule has 0 aliphatic heterocycles. The third-order valence-electron chi connectivity index (χ3n) is 2.84. The Morgan fingerprint density at radius 1 is 1.00 bits per heavy atom. The predicted molar refractivity (Wildman–Crippen MR) is 68.5 cm³/mol. The van der Waals surface area contributed by atoms with Gasteiger partial charge in [0.05, 0.1) is 5.69 Å². The summed E-state index contributed by atoms with van der Waals surface area (Å²) < 4.78 is 0. The van der Waals surface area contributed by atoms with Crippen molar-refractivity contribution in [1.29, 1.82) is 0 Å². The van der Waals surface area contributed by atoms with Crippen molar-refractivity contribution in [2.24, 2.45) is 0 Å². The molecule has 0 radical (unpaired) electrons. The molecule has 0 spiro atoms. The number of benzene rings is 1. The first-order valence-corrected chi connectivity index (χ1v) is 5.73. The second kappa shape index (κ2) is 4.48. The molecule has 0 amide bonds. The fourth-order valence-corrected chi connectivity index (χ4v) is 1.92. The van der Waals surface area contributed by atoms with Gasteiger partial charge in [-0.25, -0.2) is 0 Å². The van der Waals surface area contributed by atoms with E-state index >= 15 is 0 Å². The molecule has 16 heavy (non-hydrogen) atoms. The Kier molecular flexibility index (Phi) is 3.04. The van der Waals surface area contributed by atoms with Crippen molar-refractivity contribution in [3.05, 3.63) is 53.2 Å². The molecule has 0 N–H and O–H groups in total. The maximum absolute atomic E-state index is 4.46. The second-order valence-corrected chi connectivity index (χ2v) is 4.23. The molecular formula is C15H17N. The van der Waals surface area contributed by atoms with E-state index in [1.807, 2.05) is 12.3 Å². The molecule has 0 fully saturated rings. The van der Waals surface area contributed by atoms with Crippen LogP contribution in [0.2, 0.25) is 0 Å². The molecule has 2 aromatic rings. The summed E-state index contributed by atoms with van der Waals surface area (Å²) in [7, 11) is 0. The van der Waals surface area contributed by atoms with Crippen LogP contribution in [0.4, 0.5) is 0 Å². The van der Waals surface area contributed by atoms with Gasteiger partial charge in [0.1, 0.15) is 0 Å². The summed E-state index contributed by atoms with van der Waals surface area (Å²) in [6.45, 7) is 6.41. The van der Waals surface area contributed by atoms with Gasteiger partial charge in [0.25, 0.3) is 0 Å². The van der Waals surface area contributed by atoms with Gasteiger partial charge in [0, 0.05) is 11.8 Å². The average molecular weight is 211 g/mol. The van der Waals surface area contributed by atoms with Crippen LogP contribution in [0.1, 0.15) is 23.6 Å². The summed E-state index contributed by atoms with van der Waals surface area (Å²) >= 11 is 0. The molecule has 0 aliphatic rings. The topological polar surface area (TPSA) is 12.9 Å². The number of rotatable bonds is 2. The van der Waals surface area contributed by atoms with Crippen LogP contribution in [0.5, 0.6) is 0 Å². The fourth-order valence-electron chi connectivity index (χ4n) is 1.92. The number of aryl methyl sites for hydroxylation is 3. The minimum atomic E-state index is 1.05. The summed E-state index contributed by atoms with van der Waals surface area (Å²) in [6, 6.07) is 10.8. The minimum Gasteiger partial charge on any atom is -0.256 e. The van der Waals surface area contributed by atoms with Crippen molar-refractivity contribution in [2.75, 3.05) is 0 Å². The zero-order chi connectivity index (χ0) is 11.5. The molecule has 0 saturated carbocycles. The van der Waals surface area contributed by atoms with E-state index in [9.17, 15) is 0 Å². The number of pyridine rings is 1. The van der Waals surface area contributed by atoms with Crippen LogP contribution < -0.4 is 0 Å². The summed E-state index contributed by atoms with van der Waals surface area (Å²) in [5, 5.41) is 0. The third-order valence-corrected chi connectivity index (χ3v) is 2.84. The van der Waals surface area contributed by atoms with E-state index in [4.69, 9.17) is 0 Å². The smallest absolute Gasteiger partial charge is 0.0707 e. The van der Waals surface area contributed by atoms with Crippen LogP contribution in [-0.4, -0.2) is 4.98 Å². The number of nitrogens with zero attached hydrogens (tertiary/aromatic N) is 1. The van der Waals surface area contributed by atoms with Crippen LogP contribution >= 0.6 is 0 Å². The standard InChI is InChI=1S/C15H17N/c1-4-13-6-5-11(2)9-14(13)15-10-12(3)7-8-16-15/h5-10H,4H2,1-3H3. The van der Waals surface area contributed by atoms with E-state index in [1.165, 1.54) is 22.3 Å². The molecule has 0 aliphatic carbocycles. The zero-order valence-electron chi connectivity index (χ0n) is 10.1. The molecule has 2 rings (SSSR count). The van der Waals surface area contributed by atoms with E-state index in [-0.39, 0.29) is 0 Å². The average Bonchev–Trinajstić information content (AvgIpc) is 2.29. The quantitative estimate of drug-likeness (QED) is 0.733. The van der Waals surface area contributed by atoms with Crippen molar-refractivity contribution in [1.82, 2.24) is 4.98 Å². The van der Waals surface area contributed by atoms with Gasteiger partial charge in [0.15, 0.2) is 0 Å². The molecule has 0 saturated heterocycles. The summed E-state index contributed by atoms with van der Waals surface area (Å²) in [5.41, 5.74) is 6.26. The molecule has 0 unspecified atom stereocenters. The highest BCUT2D eigenvalue weighted by Gasteiger charge is 2.05. The van der Waals surface area contributed by atoms with Gasteiger partial charge in [-0.1, -0.05) is 24.6 Å². The van der Waals surface area contributed by atoms with E-state index in [0.29, 0.717) is 0 Å². The van der Waals surface area contributed by atoms with Crippen LogP contribution in [-0.2, 0) is 6.42 Å². The summed E-state index contributed by atoms with van der Waals surface area (Å²) in [5.74, 6) is 0. The lowest BCUT2D eigenvalue weighted by Gasteiger charge is -2.09. The van der Waals surface area contributed by atoms with Gasteiger partial charge in [-0.15, -0.1) is 0 Å².